The Bertz CT molecular complexity index is 1240. The van der Waals surface area contributed by atoms with Gasteiger partial charge in [-0.1, -0.05) is 12.1 Å². The fraction of sp³-hybridized carbons (Fsp3) is 0.318. The molecule has 3 heterocycles. The van der Waals surface area contributed by atoms with Crippen molar-refractivity contribution in [1.29, 1.82) is 0 Å². The van der Waals surface area contributed by atoms with E-state index in [1.165, 1.54) is 22.5 Å². The maximum Gasteiger partial charge on any atom is 0.233 e. The number of benzene rings is 1. The molecule has 3 aromatic rings. The van der Waals surface area contributed by atoms with Gasteiger partial charge in [0.25, 0.3) is 0 Å². The summed E-state index contributed by atoms with van der Waals surface area (Å²) < 4.78 is 25.1. The Morgan fingerprint density at radius 1 is 1.15 bits per heavy atom. The molecule has 0 fully saturated rings. The Kier molecular flexibility index (Phi) is 9.45. The van der Waals surface area contributed by atoms with E-state index in [1.807, 2.05) is 19.1 Å². The molecule has 3 N–H and O–H groups in total. The Morgan fingerprint density at radius 2 is 1.94 bits per heavy atom. The van der Waals surface area contributed by atoms with Gasteiger partial charge in [0.1, 0.15) is 11.6 Å². The number of anilines is 4. The molecule has 0 saturated carbocycles. The van der Waals surface area contributed by atoms with Crippen molar-refractivity contribution in [1.82, 2.24) is 20.3 Å². The van der Waals surface area contributed by atoms with E-state index in [0.29, 0.717) is 24.1 Å². The molecule has 1 aliphatic heterocycles. The van der Waals surface area contributed by atoms with Crippen molar-refractivity contribution in [3.05, 3.63) is 65.0 Å². The second-order valence-corrected chi connectivity index (χ2v) is 9.84. The average Bonchev–Trinajstić information content (AvgIpc) is 2.78. The van der Waals surface area contributed by atoms with Gasteiger partial charge in [-0.25, -0.2) is 18.4 Å². The molecule has 0 unspecified atom stereocenters. The zero-order chi connectivity index (χ0) is 22.7. The van der Waals surface area contributed by atoms with Crippen molar-refractivity contribution in [3.8, 4) is 0 Å². The van der Waals surface area contributed by atoms with Crippen LogP contribution < -0.4 is 20.3 Å². The predicted molar refractivity (Wildman–Crippen MR) is 141 cm³/mol. The van der Waals surface area contributed by atoms with Crippen molar-refractivity contribution in [2.75, 3.05) is 34.8 Å². The molecule has 0 aliphatic carbocycles. The summed E-state index contributed by atoms with van der Waals surface area (Å²) in [6.07, 6.45) is 5.49. The zero-order valence-corrected chi connectivity index (χ0v) is 21.6. The summed E-state index contributed by atoms with van der Waals surface area (Å²) in [6.45, 7) is 4.17. The zero-order valence-electron chi connectivity index (χ0n) is 19.2. The fourth-order valence-electron chi connectivity index (χ4n) is 3.55. The third kappa shape index (κ3) is 6.47. The number of nitrogens with one attached hydrogen (secondary N) is 3. The number of fused-ring (bicyclic) bond motifs is 1. The molecule has 184 valence electrons. The van der Waals surface area contributed by atoms with Crippen LogP contribution in [0.4, 0.5) is 23.3 Å². The second kappa shape index (κ2) is 11.7. The van der Waals surface area contributed by atoms with Crippen LogP contribution in [0.1, 0.15) is 22.3 Å². The lowest BCUT2D eigenvalue weighted by Crippen LogP contribution is -2.27. The number of nitrogens with zero attached hydrogens (tertiary/aromatic N) is 4. The van der Waals surface area contributed by atoms with Gasteiger partial charge in [-0.3, -0.25) is 4.31 Å². The highest BCUT2D eigenvalue weighted by atomic mass is 35.5. The van der Waals surface area contributed by atoms with Crippen molar-refractivity contribution in [2.24, 2.45) is 0 Å². The lowest BCUT2D eigenvalue weighted by atomic mass is 10.0. The third-order valence-corrected chi connectivity index (χ3v) is 6.60. The lowest BCUT2D eigenvalue weighted by Gasteiger charge is -2.19. The smallest absolute Gasteiger partial charge is 0.233 e. The summed E-state index contributed by atoms with van der Waals surface area (Å²) in [7, 11) is -1.92. The van der Waals surface area contributed by atoms with E-state index < -0.39 is 10.0 Å². The summed E-state index contributed by atoms with van der Waals surface area (Å²) >= 11 is 0. The SMILES string of the molecule is Cc1cnc(Nc2ccc3c(c2)CCNC3)nc1NCc1cccnc1N(C)S(C)(=O)=O.Cl.Cl. The monoisotopic (exact) mass is 525 g/mol. The number of pyridine rings is 1. The van der Waals surface area contributed by atoms with Crippen molar-refractivity contribution in [3.63, 3.8) is 0 Å². The van der Waals surface area contributed by atoms with Crippen LogP contribution >= 0.6 is 24.8 Å². The van der Waals surface area contributed by atoms with Crippen LogP contribution in [0.2, 0.25) is 0 Å². The molecule has 1 aliphatic rings. The van der Waals surface area contributed by atoms with E-state index in [0.717, 1.165) is 42.6 Å². The van der Waals surface area contributed by atoms with E-state index >= 15 is 0 Å². The summed E-state index contributed by atoms with van der Waals surface area (Å²) in [5.41, 5.74) is 5.23. The number of aromatic nitrogens is 3. The van der Waals surface area contributed by atoms with Crippen LogP contribution in [0.3, 0.4) is 0 Å². The quantitative estimate of drug-likeness (QED) is 0.430. The van der Waals surface area contributed by atoms with Gasteiger partial charge in [0.05, 0.1) is 6.26 Å². The van der Waals surface area contributed by atoms with Crippen LogP contribution in [0.25, 0.3) is 0 Å². The van der Waals surface area contributed by atoms with Gasteiger partial charge in [-0.15, -0.1) is 24.8 Å². The first-order valence-electron chi connectivity index (χ1n) is 10.4. The third-order valence-electron chi connectivity index (χ3n) is 5.43. The molecule has 34 heavy (non-hydrogen) atoms. The number of rotatable bonds is 7. The molecule has 0 radical (unpaired) electrons. The van der Waals surface area contributed by atoms with E-state index in [9.17, 15) is 8.42 Å². The van der Waals surface area contributed by atoms with Crippen LogP contribution in [0.5, 0.6) is 0 Å². The molecule has 0 saturated heterocycles. The van der Waals surface area contributed by atoms with Gasteiger partial charge in [0, 0.05) is 49.3 Å². The van der Waals surface area contributed by atoms with Gasteiger partial charge in [-0.2, -0.15) is 4.98 Å². The minimum atomic E-state index is -3.41. The van der Waals surface area contributed by atoms with Gasteiger partial charge >= 0.3 is 0 Å². The van der Waals surface area contributed by atoms with Crippen molar-refractivity contribution in [2.45, 2.75) is 26.4 Å². The number of aryl methyl sites for hydroxylation is 1. The standard InChI is InChI=1S/C22H27N7O2S.2ClH/c1-15-12-26-22(27-19-7-6-17-13-23-10-8-16(17)11-19)28-20(15)25-14-18-5-4-9-24-21(18)29(2)32(3,30)31;;/h4-7,9,11-12,23H,8,10,13-14H2,1-3H3,(H2,25,26,27,28);2*1H. The highest BCUT2D eigenvalue weighted by Gasteiger charge is 2.17. The molecule has 0 amide bonds. The highest BCUT2D eigenvalue weighted by molar-refractivity contribution is 7.92. The summed E-state index contributed by atoms with van der Waals surface area (Å²) in [5, 5.41) is 9.95. The van der Waals surface area contributed by atoms with Crippen molar-refractivity contribution >= 4 is 58.1 Å². The first-order chi connectivity index (χ1) is 15.3. The van der Waals surface area contributed by atoms with E-state index in [2.05, 4.69) is 43.0 Å². The highest BCUT2D eigenvalue weighted by Crippen LogP contribution is 2.23. The largest absolute Gasteiger partial charge is 0.365 e. The van der Waals surface area contributed by atoms with Crippen LogP contribution in [0, 0.1) is 6.92 Å². The predicted octanol–water partition coefficient (Wildman–Crippen LogP) is 3.42. The molecule has 2 aromatic heterocycles. The molecular formula is C22H29Cl2N7O2S. The van der Waals surface area contributed by atoms with Gasteiger partial charge < -0.3 is 16.0 Å². The van der Waals surface area contributed by atoms with E-state index in [1.54, 1.807) is 18.5 Å². The number of hydrogen-bond acceptors (Lipinski definition) is 8. The minimum absolute atomic E-state index is 0. The normalized spacial score (nSPS) is 12.6. The minimum Gasteiger partial charge on any atom is -0.365 e. The molecule has 9 nitrogen and oxygen atoms in total. The number of sulfonamides is 1. The Hall–Kier alpha value is -2.66. The van der Waals surface area contributed by atoms with Gasteiger partial charge in [-0.05, 0) is 49.2 Å². The van der Waals surface area contributed by atoms with E-state index in [-0.39, 0.29) is 24.8 Å². The Balaban J connectivity index is 0.00000204. The second-order valence-electron chi connectivity index (χ2n) is 7.83. The molecule has 4 rings (SSSR count). The summed E-state index contributed by atoms with van der Waals surface area (Å²) in [5.74, 6) is 1.55. The fourth-order valence-corrected chi connectivity index (χ4v) is 4.03. The lowest BCUT2D eigenvalue weighted by molar-refractivity contribution is 0.599. The van der Waals surface area contributed by atoms with Crippen molar-refractivity contribution < 1.29 is 8.42 Å². The first kappa shape index (κ1) is 27.6. The molecular weight excluding hydrogens is 497 g/mol. The number of halogens is 2. The Labute approximate surface area is 212 Å². The molecule has 0 bridgehead atoms. The van der Waals surface area contributed by atoms with Gasteiger partial charge in [0.2, 0.25) is 16.0 Å². The van der Waals surface area contributed by atoms with E-state index in [4.69, 9.17) is 0 Å². The topological polar surface area (TPSA) is 112 Å². The molecule has 1 aromatic carbocycles. The molecule has 0 atom stereocenters. The molecule has 0 spiro atoms. The maximum atomic E-state index is 12.0. The number of hydrogen-bond donors (Lipinski definition) is 3. The van der Waals surface area contributed by atoms with Crippen LogP contribution in [-0.2, 0) is 29.5 Å². The maximum absolute atomic E-state index is 12.0. The summed E-state index contributed by atoms with van der Waals surface area (Å²) in [6, 6.07) is 9.93. The average molecular weight is 526 g/mol. The van der Waals surface area contributed by atoms with Gasteiger partial charge in [0.15, 0.2) is 0 Å². The summed E-state index contributed by atoms with van der Waals surface area (Å²) in [4.78, 5) is 13.3. The van der Waals surface area contributed by atoms with Crippen LogP contribution in [-0.4, -0.2) is 43.2 Å². The first-order valence-corrected chi connectivity index (χ1v) is 12.2. The van der Waals surface area contributed by atoms with Crippen LogP contribution in [0.15, 0.2) is 42.7 Å². The molecule has 12 heteroatoms. The Morgan fingerprint density at radius 3 is 2.71 bits per heavy atom.